The number of imidazole rings is 1. The highest BCUT2D eigenvalue weighted by Crippen LogP contribution is 2.36. The van der Waals surface area contributed by atoms with Crippen LogP contribution in [0.3, 0.4) is 0 Å². The van der Waals surface area contributed by atoms with Crippen molar-refractivity contribution in [3.8, 4) is 5.69 Å². The van der Waals surface area contributed by atoms with Crippen molar-refractivity contribution in [1.82, 2.24) is 19.5 Å². The summed E-state index contributed by atoms with van der Waals surface area (Å²) in [6.45, 7) is 0. The Morgan fingerprint density at radius 3 is 2.77 bits per heavy atom. The summed E-state index contributed by atoms with van der Waals surface area (Å²) in [7, 11) is -3.15. The molecule has 4 heterocycles. The quantitative estimate of drug-likeness (QED) is 0.723. The van der Waals surface area contributed by atoms with E-state index in [4.69, 9.17) is 0 Å². The van der Waals surface area contributed by atoms with E-state index in [0.717, 1.165) is 5.69 Å². The van der Waals surface area contributed by atoms with Gasteiger partial charge in [0.1, 0.15) is 16.6 Å². The number of hydrogen-bond acceptors (Lipinski definition) is 5. The van der Waals surface area contributed by atoms with Gasteiger partial charge in [-0.05, 0) is 37.1 Å². The monoisotopic (exact) mass is 314 g/mol. The molecule has 1 saturated heterocycles. The minimum absolute atomic E-state index is 0.224. The molecule has 1 fully saturated rings. The maximum absolute atomic E-state index is 12.3. The second-order valence-electron chi connectivity index (χ2n) is 5.36. The van der Waals surface area contributed by atoms with Gasteiger partial charge in [-0.1, -0.05) is 0 Å². The first-order valence-electron chi connectivity index (χ1n) is 7.12. The topological polar surface area (TPSA) is 77.7 Å². The molecule has 3 aromatic heterocycles. The molecule has 0 aromatic carbocycles. The first kappa shape index (κ1) is 13.4. The van der Waals surface area contributed by atoms with Crippen LogP contribution >= 0.6 is 0 Å². The van der Waals surface area contributed by atoms with Crippen molar-refractivity contribution in [2.24, 2.45) is 0 Å². The summed E-state index contributed by atoms with van der Waals surface area (Å²) in [5, 5.41) is -0.568. The summed E-state index contributed by atoms with van der Waals surface area (Å²) in [6.07, 6.45) is 6.34. The number of nitrogens with zero attached hydrogens (tertiary/aromatic N) is 4. The van der Waals surface area contributed by atoms with Crippen LogP contribution in [-0.2, 0) is 9.84 Å². The SMILES string of the molecule is O=S1(=O)CCCC1c1nc2cccnc2n1-c1cccnc1. The van der Waals surface area contributed by atoms with E-state index in [1.807, 2.05) is 22.8 Å². The second-order valence-corrected chi connectivity index (χ2v) is 7.66. The molecule has 0 aliphatic carbocycles. The molecule has 0 bridgehead atoms. The van der Waals surface area contributed by atoms with Crippen LogP contribution in [0.15, 0.2) is 42.9 Å². The van der Waals surface area contributed by atoms with E-state index >= 15 is 0 Å². The van der Waals surface area contributed by atoms with Gasteiger partial charge in [-0.25, -0.2) is 18.4 Å². The normalized spacial score (nSPS) is 20.5. The molecule has 112 valence electrons. The van der Waals surface area contributed by atoms with E-state index in [-0.39, 0.29) is 5.75 Å². The highest BCUT2D eigenvalue weighted by atomic mass is 32.2. The van der Waals surface area contributed by atoms with E-state index in [2.05, 4.69) is 15.0 Å². The van der Waals surface area contributed by atoms with Gasteiger partial charge in [0.05, 0.1) is 17.6 Å². The molecule has 0 radical (unpaired) electrons. The molecule has 7 heteroatoms. The first-order valence-corrected chi connectivity index (χ1v) is 8.84. The molecule has 0 amide bonds. The Balaban J connectivity index is 2.03. The molecule has 0 saturated carbocycles. The highest BCUT2D eigenvalue weighted by Gasteiger charge is 2.37. The van der Waals surface area contributed by atoms with E-state index in [9.17, 15) is 8.42 Å². The molecular formula is C15H14N4O2S. The number of hydrogen-bond donors (Lipinski definition) is 0. The maximum Gasteiger partial charge on any atom is 0.164 e. The zero-order valence-electron chi connectivity index (χ0n) is 11.8. The van der Waals surface area contributed by atoms with Gasteiger partial charge in [0.2, 0.25) is 0 Å². The van der Waals surface area contributed by atoms with Gasteiger partial charge in [-0.15, -0.1) is 0 Å². The van der Waals surface area contributed by atoms with Crippen molar-refractivity contribution in [2.45, 2.75) is 18.1 Å². The Morgan fingerprint density at radius 2 is 2.05 bits per heavy atom. The Bertz CT molecular complexity index is 935. The third kappa shape index (κ3) is 2.00. The molecule has 22 heavy (non-hydrogen) atoms. The third-order valence-corrected chi connectivity index (χ3v) is 6.13. The third-order valence-electron chi connectivity index (χ3n) is 3.96. The molecule has 1 atom stereocenters. The number of aromatic nitrogens is 4. The van der Waals surface area contributed by atoms with Gasteiger partial charge in [-0.3, -0.25) is 9.55 Å². The average molecular weight is 314 g/mol. The highest BCUT2D eigenvalue weighted by molar-refractivity contribution is 7.91. The Hall–Kier alpha value is -2.28. The minimum Gasteiger partial charge on any atom is -0.278 e. The molecule has 0 N–H and O–H groups in total. The predicted molar refractivity (Wildman–Crippen MR) is 82.4 cm³/mol. The van der Waals surface area contributed by atoms with Crippen molar-refractivity contribution in [1.29, 1.82) is 0 Å². The van der Waals surface area contributed by atoms with Crippen LogP contribution in [0.4, 0.5) is 0 Å². The van der Waals surface area contributed by atoms with Crippen LogP contribution in [0.5, 0.6) is 0 Å². The molecular weight excluding hydrogens is 300 g/mol. The van der Waals surface area contributed by atoms with Crippen LogP contribution < -0.4 is 0 Å². The van der Waals surface area contributed by atoms with Crippen molar-refractivity contribution in [3.05, 3.63) is 48.7 Å². The summed E-state index contributed by atoms with van der Waals surface area (Å²) in [6, 6.07) is 7.35. The summed E-state index contributed by atoms with van der Waals surface area (Å²) < 4.78 is 26.5. The van der Waals surface area contributed by atoms with E-state index in [1.54, 1.807) is 24.7 Å². The van der Waals surface area contributed by atoms with Crippen LogP contribution in [0.2, 0.25) is 0 Å². The number of rotatable bonds is 2. The number of sulfone groups is 1. The lowest BCUT2D eigenvalue weighted by molar-refractivity contribution is 0.588. The van der Waals surface area contributed by atoms with E-state index in [1.165, 1.54) is 0 Å². The summed E-state index contributed by atoms with van der Waals surface area (Å²) in [5.74, 6) is 0.764. The van der Waals surface area contributed by atoms with Crippen molar-refractivity contribution < 1.29 is 8.42 Å². The molecule has 1 unspecified atom stereocenters. The minimum atomic E-state index is -3.15. The molecule has 1 aliphatic rings. The lowest BCUT2D eigenvalue weighted by Gasteiger charge is -2.12. The second kappa shape index (κ2) is 4.88. The smallest absolute Gasteiger partial charge is 0.164 e. The zero-order valence-corrected chi connectivity index (χ0v) is 12.6. The Labute approximate surface area is 127 Å². The largest absolute Gasteiger partial charge is 0.278 e. The Kier molecular flexibility index (Phi) is 2.97. The molecule has 6 nitrogen and oxygen atoms in total. The fourth-order valence-corrected chi connectivity index (χ4v) is 4.83. The van der Waals surface area contributed by atoms with Crippen molar-refractivity contribution in [3.63, 3.8) is 0 Å². The van der Waals surface area contributed by atoms with Gasteiger partial charge in [0, 0.05) is 12.4 Å². The van der Waals surface area contributed by atoms with E-state index in [0.29, 0.717) is 29.8 Å². The summed E-state index contributed by atoms with van der Waals surface area (Å²) in [5.41, 5.74) is 2.14. The number of pyridine rings is 2. The van der Waals surface area contributed by atoms with Gasteiger partial charge in [-0.2, -0.15) is 0 Å². The molecule has 4 rings (SSSR count). The standard InChI is InChI=1S/C15H14N4O2S/c20-22(21)9-3-6-13(22)15-18-12-5-2-8-17-14(12)19(15)11-4-1-7-16-10-11/h1-2,4-5,7-8,10,13H,3,6,9H2. The molecule has 1 aliphatic heterocycles. The predicted octanol–water partition coefficient (Wildman–Crippen LogP) is 2.07. The fourth-order valence-electron chi connectivity index (χ4n) is 2.97. The maximum atomic E-state index is 12.3. The van der Waals surface area contributed by atoms with Crippen molar-refractivity contribution >= 4 is 21.0 Å². The van der Waals surface area contributed by atoms with Gasteiger partial charge in [0.15, 0.2) is 15.5 Å². The zero-order chi connectivity index (χ0) is 15.2. The van der Waals surface area contributed by atoms with Gasteiger partial charge < -0.3 is 0 Å². The van der Waals surface area contributed by atoms with Crippen LogP contribution in [0.25, 0.3) is 16.9 Å². The lowest BCUT2D eigenvalue weighted by atomic mass is 10.2. The van der Waals surface area contributed by atoms with Gasteiger partial charge >= 0.3 is 0 Å². The van der Waals surface area contributed by atoms with Crippen LogP contribution in [-0.4, -0.2) is 33.7 Å². The van der Waals surface area contributed by atoms with Crippen molar-refractivity contribution in [2.75, 3.05) is 5.75 Å². The van der Waals surface area contributed by atoms with Crippen LogP contribution in [0.1, 0.15) is 23.9 Å². The van der Waals surface area contributed by atoms with Gasteiger partial charge in [0.25, 0.3) is 0 Å². The number of fused-ring (bicyclic) bond motifs is 1. The van der Waals surface area contributed by atoms with Crippen LogP contribution in [0, 0.1) is 0 Å². The lowest BCUT2D eigenvalue weighted by Crippen LogP contribution is -2.13. The van der Waals surface area contributed by atoms with E-state index < -0.39 is 15.1 Å². The summed E-state index contributed by atoms with van der Waals surface area (Å²) in [4.78, 5) is 13.1. The first-order chi connectivity index (χ1) is 10.7. The Morgan fingerprint density at radius 1 is 1.18 bits per heavy atom. The average Bonchev–Trinajstić information content (AvgIpc) is 3.07. The summed E-state index contributed by atoms with van der Waals surface area (Å²) >= 11 is 0. The molecule has 3 aromatic rings. The fraction of sp³-hybridized carbons (Fsp3) is 0.267. The molecule has 0 spiro atoms.